The lowest BCUT2D eigenvalue weighted by Crippen LogP contribution is -2.23. The number of hydrogen-bond donors (Lipinski definition) is 2. The number of nitrogens with two attached hydrogens (primary N) is 1. The SMILES string of the molecule is CN(CCc1ccncc1)c1ncc(C(=O)O)cc1N. The van der Waals surface area contributed by atoms with Gasteiger partial charge in [0.15, 0.2) is 5.82 Å². The van der Waals surface area contributed by atoms with E-state index in [1.807, 2.05) is 24.1 Å². The zero-order valence-electron chi connectivity index (χ0n) is 11.2. The molecule has 0 amide bonds. The van der Waals surface area contributed by atoms with Gasteiger partial charge in [-0.3, -0.25) is 4.98 Å². The van der Waals surface area contributed by atoms with Crippen molar-refractivity contribution in [2.75, 3.05) is 24.2 Å². The van der Waals surface area contributed by atoms with Crippen LogP contribution in [0.5, 0.6) is 0 Å². The van der Waals surface area contributed by atoms with Gasteiger partial charge in [-0.05, 0) is 30.2 Å². The molecule has 104 valence electrons. The first-order valence-corrected chi connectivity index (χ1v) is 6.17. The first kappa shape index (κ1) is 13.8. The largest absolute Gasteiger partial charge is 0.478 e. The lowest BCUT2D eigenvalue weighted by atomic mass is 10.2. The van der Waals surface area contributed by atoms with Crippen LogP contribution in [-0.2, 0) is 6.42 Å². The Labute approximate surface area is 116 Å². The molecule has 0 unspecified atom stereocenters. The topological polar surface area (TPSA) is 92.3 Å². The van der Waals surface area contributed by atoms with Crippen LogP contribution in [0, 0.1) is 0 Å². The van der Waals surface area contributed by atoms with Gasteiger partial charge in [0.1, 0.15) is 0 Å². The van der Waals surface area contributed by atoms with E-state index in [1.165, 1.54) is 17.8 Å². The number of carbonyl (C=O) groups is 1. The summed E-state index contributed by atoms with van der Waals surface area (Å²) in [5.41, 5.74) is 7.48. The molecule has 0 aliphatic carbocycles. The Balaban J connectivity index is 2.06. The Morgan fingerprint density at radius 2 is 2.10 bits per heavy atom. The second-order valence-electron chi connectivity index (χ2n) is 4.47. The zero-order valence-corrected chi connectivity index (χ0v) is 11.2. The molecular weight excluding hydrogens is 256 g/mol. The van der Waals surface area contributed by atoms with E-state index in [1.54, 1.807) is 12.4 Å². The molecule has 0 bridgehead atoms. The molecule has 0 spiro atoms. The smallest absolute Gasteiger partial charge is 0.337 e. The molecule has 2 aromatic heterocycles. The fourth-order valence-corrected chi connectivity index (χ4v) is 1.86. The summed E-state index contributed by atoms with van der Waals surface area (Å²) in [7, 11) is 1.88. The number of aromatic carboxylic acids is 1. The summed E-state index contributed by atoms with van der Waals surface area (Å²) >= 11 is 0. The molecule has 0 aliphatic rings. The van der Waals surface area contributed by atoms with Crippen molar-refractivity contribution in [1.82, 2.24) is 9.97 Å². The van der Waals surface area contributed by atoms with Crippen molar-refractivity contribution < 1.29 is 9.90 Å². The summed E-state index contributed by atoms with van der Waals surface area (Å²) in [4.78, 5) is 20.8. The maximum absolute atomic E-state index is 10.8. The van der Waals surface area contributed by atoms with Crippen LogP contribution in [-0.4, -0.2) is 34.6 Å². The molecule has 0 aromatic carbocycles. The van der Waals surface area contributed by atoms with Gasteiger partial charge in [-0.15, -0.1) is 0 Å². The number of carboxylic acid groups (broad SMARTS) is 1. The van der Waals surface area contributed by atoms with Crippen LogP contribution >= 0.6 is 0 Å². The van der Waals surface area contributed by atoms with E-state index in [2.05, 4.69) is 9.97 Å². The van der Waals surface area contributed by atoms with Crippen LogP contribution in [0.2, 0.25) is 0 Å². The Morgan fingerprint density at radius 3 is 2.70 bits per heavy atom. The van der Waals surface area contributed by atoms with Crippen molar-refractivity contribution >= 4 is 17.5 Å². The molecule has 0 radical (unpaired) electrons. The standard InChI is InChI=1S/C14H16N4O2/c1-18(7-4-10-2-5-16-6-3-10)13-12(15)8-11(9-17-13)14(19)20/h2-3,5-6,8-9H,4,7,15H2,1H3,(H,19,20). The number of rotatable bonds is 5. The highest BCUT2D eigenvalue weighted by molar-refractivity contribution is 5.89. The van der Waals surface area contributed by atoms with Crippen molar-refractivity contribution in [3.05, 3.63) is 47.9 Å². The quantitative estimate of drug-likeness (QED) is 0.855. The van der Waals surface area contributed by atoms with Gasteiger partial charge in [0.25, 0.3) is 0 Å². The number of nitrogen functional groups attached to an aromatic ring is 1. The normalized spacial score (nSPS) is 10.2. The van der Waals surface area contributed by atoms with E-state index in [4.69, 9.17) is 10.8 Å². The second-order valence-corrected chi connectivity index (χ2v) is 4.47. The lowest BCUT2D eigenvalue weighted by molar-refractivity contribution is 0.0696. The molecule has 0 atom stereocenters. The third kappa shape index (κ3) is 3.23. The Morgan fingerprint density at radius 1 is 1.40 bits per heavy atom. The van der Waals surface area contributed by atoms with E-state index in [0.717, 1.165) is 13.0 Å². The van der Waals surface area contributed by atoms with Gasteiger partial charge in [0, 0.05) is 32.2 Å². The maximum Gasteiger partial charge on any atom is 0.337 e. The highest BCUT2D eigenvalue weighted by Gasteiger charge is 2.11. The van der Waals surface area contributed by atoms with Crippen molar-refractivity contribution in [1.29, 1.82) is 0 Å². The minimum absolute atomic E-state index is 0.0915. The fourth-order valence-electron chi connectivity index (χ4n) is 1.86. The molecule has 2 rings (SSSR count). The maximum atomic E-state index is 10.8. The Bertz CT molecular complexity index is 601. The first-order chi connectivity index (χ1) is 9.58. The number of carboxylic acids is 1. The summed E-state index contributed by atoms with van der Waals surface area (Å²) in [5.74, 6) is -0.445. The third-order valence-corrected chi connectivity index (χ3v) is 2.99. The van der Waals surface area contributed by atoms with Gasteiger partial charge in [-0.2, -0.15) is 0 Å². The molecule has 2 aromatic rings. The fraction of sp³-hybridized carbons (Fsp3) is 0.214. The van der Waals surface area contributed by atoms with E-state index in [9.17, 15) is 4.79 Å². The van der Waals surface area contributed by atoms with Crippen LogP contribution in [0.4, 0.5) is 11.5 Å². The lowest BCUT2D eigenvalue weighted by Gasteiger charge is -2.19. The van der Waals surface area contributed by atoms with E-state index < -0.39 is 5.97 Å². The molecule has 6 heteroatoms. The number of likely N-dealkylation sites (N-methyl/N-ethyl adjacent to an activating group) is 1. The van der Waals surface area contributed by atoms with E-state index in [-0.39, 0.29) is 5.56 Å². The first-order valence-electron chi connectivity index (χ1n) is 6.17. The number of pyridine rings is 2. The molecule has 0 aliphatic heterocycles. The van der Waals surface area contributed by atoms with E-state index in [0.29, 0.717) is 11.5 Å². The summed E-state index contributed by atoms with van der Waals surface area (Å²) in [6.45, 7) is 0.730. The predicted molar refractivity (Wildman–Crippen MR) is 76.8 cm³/mol. The predicted octanol–water partition coefficient (Wildman–Crippen LogP) is 1.44. The highest BCUT2D eigenvalue weighted by Crippen LogP contribution is 2.20. The number of hydrogen-bond acceptors (Lipinski definition) is 5. The van der Waals surface area contributed by atoms with Crippen molar-refractivity contribution in [2.24, 2.45) is 0 Å². The molecular formula is C14H16N4O2. The average Bonchev–Trinajstić information content (AvgIpc) is 2.45. The van der Waals surface area contributed by atoms with Crippen LogP contribution in [0.25, 0.3) is 0 Å². The van der Waals surface area contributed by atoms with Gasteiger partial charge in [-0.1, -0.05) is 0 Å². The number of aromatic nitrogens is 2. The van der Waals surface area contributed by atoms with Crippen LogP contribution in [0.15, 0.2) is 36.8 Å². The van der Waals surface area contributed by atoms with Crippen LogP contribution < -0.4 is 10.6 Å². The summed E-state index contributed by atoms with van der Waals surface area (Å²) in [6.07, 6.45) is 5.66. The third-order valence-electron chi connectivity index (χ3n) is 2.99. The van der Waals surface area contributed by atoms with Gasteiger partial charge in [0.2, 0.25) is 0 Å². The molecule has 20 heavy (non-hydrogen) atoms. The highest BCUT2D eigenvalue weighted by atomic mass is 16.4. The summed E-state index contributed by atoms with van der Waals surface area (Å²) < 4.78 is 0. The molecule has 3 N–H and O–H groups in total. The van der Waals surface area contributed by atoms with Gasteiger partial charge in [-0.25, -0.2) is 9.78 Å². The summed E-state index contributed by atoms with van der Waals surface area (Å²) in [5, 5.41) is 8.88. The van der Waals surface area contributed by atoms with Gasteiger partial charge >= 0.3 is 5.97 Å². The zero-order chi connectivity index (χ0) is 14.5. The van der Waals surface area contributed by atoms with Crippen molar-refractivity contribution in [3.63, 3.8) is 0 Å². The Kier molecular flexibility index (Phi) is 4.14. The number of anilines is 2. The van der Waals surface area contributed by atoms with Crippen LogP contribution in [0.3, 0.4) is 0 Å². The molecule has 2 heterocycles. The summed E-state index contributed by atoms with van der Waals surface area (Å²) in [6, 6.07) is 5.34. The van der Waals surface area contributed by atoms with E-state index >= 15 is 0 Å². The monoisotopic (exact) mass is 272 g/mol. The van der Waals surface area contributed by atoms with Crippen molar-refractivity contribution in [2.45, 2.75) is 6.42 Å². The number of nitrogens with zero attached hydrogens (tertiary/aromatic N) is 3. The van der Waals surface area contributed by atoms with Crippen molar-refractivity contribution in [3.8, 4) is 0 Å². The Hall–Kier alpha value is -2.63. The molecule has 0 saturated heterocycles. The molecule has 0 saturated carbocycles. The van der Waals surface area contributed by atoms with Gasteiger partial charge in [0.05, 0.1) is 11.3 Å². The molecule has 0 fully saturated rings. The minimum atomic E-state index is -1.03. The second kappa shape index (κ2) is 6.01. The molecule has 6 nitrogen and oxygen atoms in total. The minimum Gasteiger partial charge on any atom is -0.478 e. The average molecular weight is 272 g/mol. The van der Waals surface area contributed by atoms with Gasteiger partial charge < -0.3 is 15.7 Å². The van der Waals surface area contributed by atoms with Crippen LogP contribution in [0.1, 0.15) is 15.9 Å².